The molecule has 0 spiro atoms. The Morgan fingerprint density at radius 2 is 1.95 bits per heavy atom. The van der Waals surface area contributed by atoms with E-state index >= 15 is 0 Å². The molecule has 0 aliphatic carbocycles. The van der Waals surface area contributed by atoms with Gasteiger partial charge in [-0.05, 0) is 37.5 Å². The second-order valence-corrected chi connectivity index (χ2v) is 6.87. The molecule has 0 saturated carbocycles. The summed E-state index contributed by atoms with van der Waals surface area (Å²) in [6.45, 7) is 7.14. The summed E-state index contributed by atoms with van der Waals surface area (Å²) in [5.41, 5.74) is 2.19. The Balaban J connectivity index is 1.97. The van der Waals surface area contributed by atoms with Gasteiger partial charge in [-0.2, -0.15) is 0 Å². The van der Waals surface area contributed by atoms with E-state index in [9.17, 15) is 0 Å². The van der Waals surface area contributed by atoms with Crippen LogP contribution in [0, 0.1) is 11.8 Å². The van der Waals surface area contributed by atoms with E-state index in [1.165, 1.54) is 5.56 Å². The smallest absolute Gasteiger partial charge is 0.127 e. The number of rotatable bonds is 2. The molecule has 0 bridgehead atoms. The van der Waals surface area contributed by atoms with Crippen molar-refractivity contribution in [3.8, 4) is 5.75 Å². The summed E-state index contributed by atoms with van der Waals surface area (Å²) < 4.78 is 11.7. The molecule has 2 aliphatic rings. The summed E-state index contributed by atoms with van der Waals surface area (Å²) in [4.78, 5) is 0. The second-order valence-electron chi connectivity index (χ2n) is 5.97. The van der Waals surface area contributed by atoms with E-state index in [0.717, 1.165) is 29.4 Å². The third-order valence-corrected chi connectivity index (χ3v) is 5.48. The molecule has 4 heteroatoms. The first-order valence-corrected chi connectivity index (χ1v) is 8.05. The van der Waals surface area contributed by atoms with Gasteiger partial charge >= 0.3 is 0 Å². The lowest BCUT2D eigenvalue weighted by Gasteiger charge is -2.25. The molecule has 5 atom stereocenters. The van der Waals surface area contributed by atoms with Crippen molar-refractivity contribution >= 4 is 23.2 Å². The zero-order valence-corrected chi connectivity index (χ0v) is 13.5. The van der Waals surface area contributed by atoms with E-state index in [0.29, 0.717) is 5.92 Å². The van der Waals surface area contributed by atoms with Gasteiger partial charge in [0.2, 0.25) is 0 Å². The van der Waals surface area contributed by atoms with Crippen LogP contribution in [0.15, 0.2) is 12.1 Å². The van der Waals surface area contributed by atoms with Crippen molar-refractivity contribution in [3.63, 3.8) is 0 Å². The van der Waals surface area contributed by atoms with Gasteiger partial charge in [0.15, 0.2) is 0 Å². The highest BCUT2D eigenvalue weighted by molar-refractivity contribution is 6.31. The van der Waals surface area contributed by atoms with E-state index < -0.39 is 0 Å². The fourth-order valence-electron chi connectivity index (χ4n) is 3.51. The van der Waals surface area contributed by atoms with Crippen LogP contribution in [0.3, 0.4) is 0 Å². The highest BCUT2D eigenvalue weighted by Gasteiger charge is 2.42. The molecule has 0 N–H and O–H groups in total. The molecule has 1 saturated heterocycles. The van der Waals surface area contributed by atoms with E-state index in [2.05, 4.69) is 20.8 Å². The summed E-state index contributed by atoms with van der Waals surface area (Å²) in [7, 11) is 0. The molecular weight excluding hydrogens is 295 g/mol. The molecule has 1 fully saturated rings. The normalized spacial score (nSPS) is 33.9. The van der Waals surface area contributed by atoms with Gasteiger partial charge in [0.25, 0.3) is 0 Å². The van der Waals surface area contributed by atoms with Crippen LogP contribution in [0.2, 0.25) is 5.02 Å². The van der Waals surface area contributed by atoms with Crippen molar-refractivity contribution in [2.45, 2.75) is 44.8 Å². The maximum absolute atomic E-state index is 6.80. The summed E-state index contributed by atoms with van der Waals surface area (Å²) in [5, 5.41) is 0.609. The van der Waals surface area contributed by atoms with Crippen LogP contribution in [0.4, 0.5) is 0 Å². The van der Waals surface area contributed by atoms with Crippen molar-refractivity contribution in [1.29, 1.82) is 0 Å². The molecule has 0 aromatic heterocycles. The minimum Gasteiger partial charge on any atom is -0.493 e. The van der Waals surface area contributed by atoms with Crippen molar-refractivity contribution in [2.75, 3.05) is 6.61 Å². The molecule has 20 heavy (non-hydrogen) atoms. The van der Waals surface area contributed by atoms with Crippen LogP contribution >= 0.6 is 23.2 Å². The summed E-state index contributed by atoms with van der Waals surface area (Å²) >= 11 is 13.0. The van der Waals surface area contributed by atoms with Gasteiger partial charge in [-0.15, -0.1) is 11.6 Å². The molecule has 5 unspecified atom stereocenters. The number of benzene rings is 1. The van der Waals surface area contributed by atoms with E-state index in [1.807, 2.05) is 12.1 Å². The Kier molecular flexibility index (Phi) is 3.91. The van der Waals surface area contributed by atoms with Gasteiger partial charge in [0.05, 0.1) is 24.2 Å². The topological polar surface area (TPSA) is 18.5 Å². The molecule has 0 amide bonds. The standard InChI is InChI=1S/C16H20Cl2O2/c1-8-9(2)20-10(3)14(8)15(18)13-7-12(17)6-11-4-5-19-16(11)13/h6-10,14-15H,4-5H2,1-3H3. The number of halogens is 2. The predicted octanol–water partition coefficient (Wildman–Crippen LogP) is 4.61. The molecule has 1 aromatic rings. The van der Waals surface area contributed by atoms with E-state index in [-0.39, 0.29) is 23.5 Å². The molecule has 110 valence electrons. The van der Waals surface area contributed by atoms with Crippen LogP contribution in [-0.4, -0.2) is 18.8 Å². The molecule has 0 radical (unpaired) electrons. The number of hydrogen-bond acceptors (Lipinski definition) is 2. The summed E-state index contributed by atoms with van der Waals surface area (Å²) in [6, 6.07) is 3.93. The van der Waals surface area contributed by atoms with Crippen LogP contribution < -0.4 is 4.74 Å². The summed E-state index contributed by atoms with van der Waals surface area (Å²) in [5.74, 6) is 1.63. The molecule has 2 aliphatic heterocycles. The van der Waals surface area contributed by atoms with Crippen LogP contribution in [-0.2, 0) is 11.2 Å². The highest BCUT2D eigenvalue weighted by Crippen LogP contribution is 2.48. The lowest BCUT2D eigenvalue weighted by molar-refractivity contribution is 0.0507. The maximum Gasteiger partial charge on any atom is 0.127 e. The zero-order valence-electron chi connectivity index (χ0n) is 12.0. The largest absolute Gasteiger partial charge is 0.493 e. The SMILES string of the molecule is CC1OC(C)C(C(Cl)c2cc(Cl)cc3c2OCC3)C1C. The molecular formula is C16H20Cl2O2. The van der Waals surface area contributed by atoms with Crippen LogP contribution in [0.1, 0.15) is 37.3 Å². The Hall–Kier alpha value is -0.440. The minimum absolute atomic E-state index is 0.129. The van der Waals surface area contributed by atoms with Gasteiger partial charge in [0, 0.05) is 22.9 Å². The van der Waals surface area contributed by atoms with Crippen molar-refractivity contribution in [3.05, 3.63) is 28.3 Å². The summed E-state index contributed by atoms with van der Waals surface area (Å²) in [6.07, 6.45) is 1.30. The van der Waals surface area contributed by atoms with Gasteiger partial charge in [-0.1, -0.05) is 18.5 Å². The van der Waals surface area contributed by atoms with Crippen molar-refractivity contribution < 1.29 is 9.47 Å². The minimum atomic E-state index is -0.129. The van der Waals surface area contributed by atoms with Gasteiger partial charge < -0.3 is 9.47 Å². The number of ether oxygens (including phenoxy) is 2. The van der Waals surface area contributed by atoms with Crippen molar-refractivity contribution in [2.24, 2.45) is 11.8 Å². The first kappa shape index (κ1) is 14.5. The first-order valence-electron chi connectivity index (χ1n) is 7.23. The number of alkyl halides is 1. The second kappa shape index (κ2) is 5.40. The fraction of sp³-hybridized carbons (Fsp3) is 0.625. The monoisotopic (exact) mass is 314 g/mol. The molecule has 2 nitrogen and oxygen atoms in total. The Morgan fingerprint density at radius 1 is 1.20 bits per heavy atom. The first-order chi connectivity index (χ1) is 9.49. The predicted molar refractivity (Wildman–Crippen MR) is 81.9 cm³/mol. The van der Waals surface area contributed by atoms with E-state index in [4.69, 9.17) is 32.7 Å². The quantitative estimate of drug-likeness (QED) is 0.742. The highest BCUT2D eigenvalue weighted by atomic mass is 35.5. The lowest BCUT2D eigenvalue weighted by Crippen LogP contribution is -2.22. The Labute approximate surface area is 130 Å². The number of fused-ring (bicyclic) bond motifs is 1. The van der Waals surface area contributed by atoms with E-state index in [1.54, 1.807) is 0 Å². The average Bonchev–Trinajstić information content (AvgIpc) is 2.93. The third kappa shape index (κ3) is 2.32. The van der Waals surface area contributed by atoms with Crippen LogP contribution in [0.5, 0.6) is 5.75 Å². The lowest BCUT2D eigenvalue weighted by atomic mass is 9.83. The average molecular weight is 315 g/mol. The fourth-order valence-corrected chi connectivity index (χ4v) is 4.35. The van der Waals surface area contributed by atoms with Gasteiger partial charge in [-0.25, -0.2) is 0 Å². The molecule has 1 aromatic carbocycles. The number of hydrogen-bond donors (Lipinski definition) is 0. The third-order valence-electron chi connectivity index (χ3n) is 4.73. The molecule has 3 rings (SSSR count). The van der Waals surface area contributed by atoms with Gasteiger partial charge in [-0.3, -0.25) is 0 Å². The molecule has 2 heterocycles. The Morgan fingerprint density at radius 3 is 2.60 bits per heavy atom. The van der Waals surface area contributed by atoms with Crippen LogP contribution in [0.25, 0.3) is 0 Å². The Bertz CT molecular complexity index is 517. The van der Waals surface area contributed by atoms with Crippen molar-refractivity contribution in [1.82, 2.24) is 0 Å². The van der Waals surface area contributed by atoms with Gasteiger partial charge in [0.1, 0.15) is 5.75 Å². The zero-order chi connectivity index (χ0) is 14.4. The maximum atomic E-state index is 6.80.